The molecular formula is C18H26N4. The Morgan fingerprint density at radius 2 is 2.09 bits per heavy atom. The highest BCUT2D eigenvalue weighted by molar-refractivity contribution is 5.86. The number of hydrogen-bond donors (Lipinski definition) is 3. The fraction of sp³-hybridized carbons (Fsp3) is 0.500. The van der Waals surface area contributed by atoms with Gasteiger partial charge in [-0.3, -0.25) is 4.99 Å². The summed E-state index contributed by atoms with van der Waals surface area (Å²) in [7, 11) is 1.84. The lowest BCUT2D eigenvalue weighted by molar-refractivity contribution is 0.684. The number of benzene rings is 1. The first-order valence-corrected chi connectivity index (χ1v) is 8.28. The Balaban J connectivity index is 1.50. The number of guanidine groups is 1. The van der Waals surface area contributed by atoms with Crippen LogP contribution >= 0.6 is 0 Å². The lowest BCUT2D eigenvalue weighted by atomic mass is 10.1. The van der Waals surface area contributed by atoms with Crippen LogP contribution in [0.5, 0.6) is 0 Å². The van der Waals surface area contributed by atoms with Crippen LogP contribution in [-0.4, -0.2) is 31.1 Å². The Hall–Kier alpha value is -1.97. The van der Waals surface area contributed by atoms with Crippen molar-refractivity contribution in [3.05, 3.63) is 35.5 Å². The Bertz CT molecular complexity index is 652. The van der Waals surface area contributed by atoms with Gasteiger partial charge in [-0.15, -0.1) is 0 Å². The predicted octanol–water partition coefficient (Wildman–Crippen LogP) is 2.98. The number of hydrogen-bond acceptors (Lipinski definition) is 1. The normalized spacial score (nSPS) is 15.3. The van der Waals surface area contributed by atoms with Gasteiger partial charge < -0.3 is 15.6 Å². The number of fused-ring (bicyclic) bond motifs is 1. The summed E-state index contributed by atoms with van der Waals surface area (Å²) in [5, 5.41) is 8.17. The van der Waals surface area contributed by atoms with E-state index in [1.807, 2.05) is 7.05 Å². The van der Waals surface area contributed by atoms with Crippen molar-refractivity contribution in [1.29, 1.82) is 0 Å². The molecule has 1 aromatic carbocycles. The molecule has 1 saturated carbocycles. The number of H-pyrrole nitrogens is 1. The molecule has 1 aliphatic rings. The molecule has 1 heterocycles. The quantitative estimate of drug-likeness (QED) is 0.567. The smallest absolute Gasteiger partial charge is 0.190 e. The standard InChI is InChI=1S/C18H26N4/c1-13-4-3-5-16-17(13)15(12-22-16)9-11-21-18(19-2)20-10-8-14-6-7-14/h3-5,12,14,22H,6-11H2,1-2H3,(H2,19,20,21). The van der Waals surface area contributed by atoms with Gasteiger partial charge in [0, 0.05) is 37.2 Å². The van der Waals surface area contributed by atoms with Crippen molar-refractivity contribution in [3.8, 4) is 0 Å². The number of aromatic nitrogens is 1. The largest absolute Gasteiger partial charge is 0.361 e. The fourth-order valence-electron chi connectivity index (χ4n) is 2.99. The summed E-state index contributed by atoms with van der Waals surface area (Å²) in [6.45, 7) is 4.09. The lowest BCUT2D eigenvalue weighted by Gasteiger charge is -2.11. The minimum Gasteiger partial charge on any atom is -0.361 e. The van der Waals surface area contributed by atoms with E-state index in [1.165, 1.54) is 41.3 Å². The SMILES string of the molecule is CN=C(NCCc1c[nH]c2cccc(C)c12)NCCC1CC1. The van der Waals surface area contributed by atoms with Gasteiger partial charge in [-0.2, -0.15) is 0 Å². The highest BCUT2D eigenvalue weighted by Crippen LogP contribution is 2.31. The summed E-state index contributed by atoms with van der Waals surface area (Å²) >= 11 is 0. The maximum atomic E-state index is 4.29. The van der Waals surface area contributed by atoms with Gasteiger partial charge in [-0.25, -0.2) is 0 Å². The fourth-order valence-corrected chi connectivity index (χ4v) is 2.99. The van der Waals surface area contributed by atoms with E-state index in [4.69, 9.17) is 0 Å². The third-order valence-corrected chi connectivity index (χ3v) is 4.45. The van der Waals surface area contributed by atoms with Crippen LogP contribution in [0.15, 0.2) is 29.4 Å². The number of nitrogens with one attached hydrogen (secondary N) is 3. The van der Waals surface area contributed by atoms with Crippen LogP contribution in [0.3, 0.4) is 0 Å². The van der Waals surface area contributed by atoms with Crippen molar-refractivity contribution < 1.29 is 0 Å². The molecule has 1 fully saturated rings. The Morgan fingerprint density at radius 3 is 2.86 bits per heavy atom. The van der Waals surface area contributed by atoms with Crippen LogP contribution in [0.4, 0.5) is 0 Å². The second-order valence-electron chi connectivity index (χ2n) is 6.22. The van der Waals surface area contributed by atoms with E-state index >= 15 is 0 Å². The topological polar surface area (TPSA) is 52.2 Å². The van der Waals surface area contributed by atoms with Gasteiger partial charge in [-0.1, -0.05) is 25.0 Å². The molecule has 0 atom stereocenters. The Kier molecular flexibility index (Phi) is 4.66. The molecule has 0 bridgehead atoms. The molecule has 1 aromatic heterocycles. The maximum absolute atomic E-state index is 4.29. The van der Waals surface area contributed by atoms with Crippen LogP contribution in [0.1, 0.15) is 30.4 Å². The molecule has 4 heteroatoms. The first-order valence-electron chi connectivity index (χ1n) is 8.28. The zero-order chi connectivity index (χ0) is 15.4. The van der Waals surface area contributed by atoms with E-state index in [0.29, 0.717) is 0 Å². The minimum atomic E-state index is 0.893. The average Bonchev–Trinajstić information content (AvgIpc) is 3.25. The minimum absolute atomic E-state index is 0.893. The van der Waals surface area contributed by atoms with E-state index in [0.717, 1.165) is 31.4 Å². The van der Waals surface area contributed by atoms with Gasteiger partial charge in [0.25, 0.3) is 0 Å². The van der Waals surface area contributed by atoms with Crippen LogP contribution in [-0.2, 0) is 6.42 Å². The van der Waals surface area contributed by atoms with Crippen molar-refractivity contribution in [2.24, 2.45) is 10.9 Å². The van der Waals surface area contributed by atoms with Crippen molar-refractivity contribution in [2.75, 3.05) is 20.1 Å². The third-order valence-electron chi connectivity index (χ3n) is 4.45. The number of aliphatic imine (C=N–C) groups is 1. The van der Waals surface area contributed by atoms with Gasteiger partial charge in [-0.05, 0) is 42.9 Å². The molecule has 4 nitrogen and oxygen atoms in total. The van der Waals surface area contributed by atoms with E-state index in [2.05, 4.69) is 51.9 Å². The summed E-state index contributed by atoms with van der Waals surface area (Å²) in [5.74, 6) is 1.87. The first-order chi connectivity index (χ1) is 10.8. The number of aromatic amines is 1. The van der Waals surface area contributed by atoms with Crippen molar-refractivity contribution in [3.63, 3.8) is 0 Å². The Labute approximate surface area is 132 Å². The van der Waals surface area contributed by atoms with Crippen LogP contribution in [0.2, 0.25) is 0 Å². The van der Waals surface area contributed by atoms with Crippen LogP contribution < -0.4 is 10.6 Å². The number of rotatable bonds is 6. The Morgan fingerprint density at radius 1 is 1.27 bits per heavy atom. The molecule has 2 aromatic rings. The zero-order valence-electron chi connectivity index (χ0n) is 13.6. The van der Waals surface area contributed by atoms with Gasteiger partial charge in [0.05, 0.1) is 0 Å². The van der Waals surface area contributed by atoms with E-state index in [9.17, 15) is 0 Å². The second kappa shape index (κ2) is 6.86. The molecule has 0 saturated heterocycles. The van der Waals surface area contributed by atoms with Gasteiger partial charge in [0.15, 0.2) is 5.96 Å². The molecule has 0 radical (unpaired) electrons. The van der Waals surface area contributed by atoms with Crippen molar-refractivity contribution in [1.82, 2.24) is 15.6 Å². The molecule has 0 spiro atoms. The monoisotopic (exact) mass is 298 g/mol. The van der Waals surface area contributed by atoms with Gasteiger partial charge in [0.2, 0.25) is 0 Å². The third kappa shape index (κ3) is 3.62. The summed E-state index contributed by atoms with van der Waals surface area (Å²) in [6, 6.07) is 6.41. The molecule has 0 amide bonds. The molecular weight excluding hydrogens is 272 g/mol. The van der Waals surface area contributed by atoms with Gasteiger partial charge >= 0.3 is 0 Å². The zero-order valence-corrected chi connectivity index (χ0v) is 13.6. The summed E-state index contributed by atoms with van der Waals surface area (Å²) in [6.07, 6.45) is 7.21. The predicted molar refractivity (Wildman–Crippen MR) is 93.4 cm³/mol. The molecule has 0 unspecified atom stereocenters. The molecule has 1 aliphatic carbocycles. The van der Waals surface area contributed by atoms with Crippen molar-refractivity contribution >= 4 is 16.9 Å². The van der Waals surface area contributed by atoms with E-state index in [-0.39, 0.29) is 0 Å². The highest BCUT2D eigenvalue weighted by atomic mass is 15.2. The second-order valence-corrected chi connectivity index (χ2v) is 6.22. The number of nitrogens with zero attached hydrogens (tertiary/aromatic N) is 1. The summed E-state index contributed by atoms with van der Waals surface area (Å²) in [4.78, 5) is 7.65. The van der Waals surface area contributed by atoms with Crippen molar-refractivity contribution in [2.45, 2.75) is 32.6 Å². The molecule has 118 valence electrons. The molecule has 22 heavy (non-hydrogen) atoms. The van der Waals surface area contributed by atoms with E-state index in [1.54, 1.807) is 0 Å². The lowest BCUT2D eigenvalue weighted by Crippen LogP contribution is -2.38. The highest BCUT2D eigenvalue weighted by Gasteiger charge is 2.20. The summed E-state index contributed by atoms with van der Waals surface area (Å²) in [5.41, 5.74) is 3.93. The van der Waals surface area contributed by atoms with Crippen LogP contribution in [0, 0.1) is 12.8 Å². The van der Waals surface area contributed by atoms with Crippen LogP contribution in [0.25, 0.3) is 10.9 Å². The maximum Gasteiger partial charge on any atom is 0.190 e. The van der Waals surface area contributed by atoms with E-state index < -0.39 is 0 Å². The number of aryl methyl sites for hydroxylation is 1. The van der Waals surface area contributed by atoms with Gasteiger partial charge in [0.1, 0.15) is 0 Å². The summed E-state index contributed by atoms with van der Waals surface area (Å²) < 4.78 is 0. The first kappa shape index (κ1) is 14.9. The average molecular weight is 298 g/mol. The molecule has 3 rings (SSSR count). The molecule has 3 N–H and O–H groups in total. The molecule has 0 aliphatic heterocycles.